The molecule has 4 rings (SSSR count). The zero-order chi connectivity index (χ0) is 19.5. The van der Waals surface area contributed by atoms with Gasteiger partial charge >= 0.3 is 0 Å². The van der Waals surface area contributed by atoms with Crippen molar-refractivity contribution in [2.24, 2.45) is 0 Å². The van der Waals surface area contributed by atoms with Crippen LogP contribution in [0, 0.1) is 5.82 Å². The van der Waals surface area contributed by atoms with E-state index in [1.54, 1.807) is 23.1 Å². The van der Waals surface area contributed by atoms with E-state index in [9.17, 15) is 9.18 Å². The summed E-state index contributed by atoms with van der Waals surface area (Å²) in [5, 5.41) is 3.66. The third kappa shape index (κ3) is 4.01. The summed E-state index contributed by atoms with van der Waals surface area (Å²) in [5.74, 6) is 0.885. The van der Waals surface area contributed by atoms with Gasteiger partial charge in [-0.05, 0) is 48.6 Å². The van der Waals surface area contributed by atoms with Gasteiger partial charge in [0.2, 0.25) is 6.10 Å². The number of rotatable bonds is 2. The Balaban J connectivity index is 1.29. The zero-order valence-corrected chi connectivity index (χ0v) is 16.0. The monoisotopic (exact) mass is 401 g/mol. The molecule has 0 aromatic heterocycles. The second-order valence-electron chi connectivity index (χ2n) is 6.61. The molecule has 1 atom stereocenters. The van der Waals surface area contributed by atoms with Crippen LogP contribution in [-0.2, 0) is 4.79 Å². The number of benzene rings is 2. The van der Waals surface area contributed by atoms with Crippen molar-refractivity contribution in [2.45, 2.75) is 6.10 Å². The molecule has 0 saturated carbocycles. The first-order chi connectivity index (χ1) is 13.6. The molecule has 0 unspecified atom stereocenters. The fourth-order valence-corrected chi connectivity index (χ4v) is 3.51. The lowest BCUT2D eigenvalue weighted by molar-refractivity contribution is -0.142. The van der Waals surface area contributed by atoms with Gasteiger partial charge in [-0.15, -0.1) is 0 Å². The number of amides is 1. The Morgan fingerprint density at radius 2 is 1.64 bits per heavy atom. The van der Waals surface area contributed by atoms with Gasteiger partial charge in [-0.3, -0.25) is 4.79 Å². The van der Waals surface area contributed by atoms with E-state index < -0.39 is 6.10 Å². The first-order valence-corrected chi connectivity index (χ1v) is 9.50. The minimum absolute atomic E-state index is 0.0773. The SMILES string of the molecule is O=C([C@H]1COc2ccccc2O1)N1CCN(C(=S)Nc2ccc(F)cc2)CC1. The number of fused-ring (bicyclic) bond motifs is 1. The number of hydrogen-bond acceptors (Lipinski definition) is 4. The molecule has 1 fully saturated rings. The molecule has 2 aliphatic rings. The van der Waals surface area contributed by atoms with Crippen LogP contribution in [0.15, 0.2) is 48.5 Å². The van der Waals surface area contributed by atoms with Gasteiger partial charge in [-0.25, -0.2) is 4.39 Å². The number of halogens is 1. The summed E-state index contributed by atoms with van der Waals surface area (Å²) in [6.45, 7) is 2.53. The van der Waals surface area contributed by atoms with Crippen LogP contribution in [0.1, 0.15) is 0 Å². The molecule has 6 nitrogen and oxygen atoms in total. The average Bonchev–Trinajstić information content (AvgIpc) is 2.74. The predicted octanol–water partition coefficient (Wildman–Crippen LogP) is 2.51. The van der Waals surface area contributed by atoms with Crippen LogP contribution in [-0.4, -0.2) is 59.7 Å². The summed E-state index contributed by atoms with van der Waals surface area (Å²) in [4.78, 5) is 16.6. The standard InChI is InChI=1S/C20H20FN3O3S/c21-14-5-7-15(8-6-14)22-20(28)24-11-9-23(10-12-24)19(25)18-13-26-16-3-1-2-4-17(16)27-18/h1-8,18H,9-13H2,(H,22,28)/t18-/m1/s1. The van der Waals surface area contributed by atoms with Crippen molar-refractivity contribution in [1.29, 1.82) is 0 Å². The Bertz CT molecular complexity index is 869. The van der Waals surface area contributed by atoms with E-state index in [-0.39, 0.29) is 18.3 Å². The number of carbonyl (C=O) groups is 1. The molecule has 146 valence electrons. The summed E-state index contributed by atoms with van der Waals surface area (Å²) in [6.07, 6.45) is -0.634. The van der Waals surface area contributed by atoms with E-state index in [0.717, 1.165) is 5.69 Å². The molecular formula is C20H20FN3O3S. The molecule has 2 heterocycles. The molecule has 28 heavy (non-hydrogen) atoms. The third-order valence-corrected chi connectivity index (χ3v) is 5.12. The summed E-state index contributed by atoms with van der Waals surface area (Å²) in [5.41, 5.74) is 0.733. The minimum Gasteiger partial charge on any atom is -0.485 e. The molecule has 1 amide bonds. The third-order valence-electron chi connectivity index (χ3n) is 4.76. The maximum absolute atomic E-state index is 13.0. The lowest BCUT2D eigenvalue weighted by atomic mass is 10.2. The van der Waals surface area contributed by atoms with E-state index in [2.05, 4.69) is 5.32 Å². The fourth-order valence-electron chi connectivity index (χ4n) is 3.21. The van der Waals surface area contributed by atoms with Gasteiger partial charge in [-0.1, -0.05) is 12.1 Å². The van der Waals surface area contributed by atoms with Crippen molar-refractivity contribution < 1.29 is 18.7 Å². The van der Waals surface area contributed by atoms with Crippen molar-refractivity contribution in [2.75, 3.05) is 38.1 Å². The van der Waals surface area contributed by atoms with Gasteiger partial charge in [-0.2, -0.15) is 0 Å². The summed E-state index contributed by atoms with van der Waals surface area (Å²) in [7, 11) is 0. The lowest BCUT2D eigenvalue weighted by Gasteiger charge is -2.38. The molecule has 2 aromatic carbocycles. The van der Waals surface area contributed by atoms with Crippen molar-refractivity contribution in [1.82, 2.24) is 9.80 Å². The topological polar surface area (TPSA) is 54.0 Å². The number of para-hydroxylation sites is 2. The van der Waals surface area contributed by atoms with E-state index in [1.807, 2.05) is 23.1 Å². The average molecular weight is 401 g/mol. The molecule has 0 aliphatic carbocycles. The van der Waals surface area contributed by atoms with Crippen LogP contribution in [0.3, 0.4) is 0 Å². The Kier molecular flexibility index (Phi) is 5.29. The highest BCUT2D eigenvalue weighted by molar-refractivity contribution is 7.80. The maximum atomic E-state index is 13.0. The number of carbonyl (C=O) groups excluding carboxylic acids is 1. The highest BCUT2D eigenvalue weighted by atomic mass is 32.1. The molecule has 0 radical (unpaired) electrons. The summed E-state index contributed by atoms with van der Waals surface area (Å²) in [6, 6.07) is 13.4. The Hall–Kier alpha value is -2.87. The highest BCUT2D eigenvalue weighted by Crippen LogP contribution is 2.31. The predicted molar refractivity (Wildman–Crippen MR) is 107 cm³/mol. The zero-order valence-electron chi connectivity index (χ0n) is 15.1. The molecule has 0 spiro atoms. The normalized spacial score (nSPS) is 18.5. The number of piperazine rings is 1. The molecule has 2 aromatic rings. The Labute approximate surface area is 167 Å². The lowest BCUT2D eigenvalue weighted by Crippen LogP contribution is -2.55. The Morgan fingerprint density at radius 3 is 2.36 bits per heavy atom. The van der Waals surface area contributed by atoms with Crippen LogP contribution in [0.2, 0.25) is 0 Å². The van der Waals surface area contributed by atoms with Crippen molar-refractivity contribution in [3.8, 4) is 11.5 Å². The van der Waals surface area contributed by atoms with E-state index in [4.69, 9.17) is 21.7 Å². The first-order valence-electron chi connectivity index (χ1n) is 9.09. The first kappa shape index (κ1) is 18.5. The minimum atomic E-state index is -0.634. The van der Waals surface area contributed by atoms with Gasteiger partial charge in [0.05, 0.1) is 0 Å². The number of hydrogen-bond donors (Lipinski definition) is 1. The van der Waals surface area contributed by atoms with Gasteiger partial charge in [0.25, 0.3) is 5.91 Å². The van der Waals surface area contributed by atoms with E-state index >= 15 is 0 Å². The van der Waals surface area contributed by atoms with Gasteiger partial charge in [0, 0.05) is 31.9 Å². The molecule has 2 aliphatic heterocycles. The summed E-state index contributed by atoms with van der Waals surface area (Å²) < 4.78 is 24.5. The quantitative estimate of drug-likeness (QED) is 0.781. The molecule has 0 bridgehead atoms. The maximum Gasteiger partial charge on any atom is 0.267 e. The molecular weight excluding hydrogens is 381 g/mol. The number of nitrogens with one attached hydrogen (secondary N) is 1. The van der Waals surface area contributed by atoms with Crippen LogP contribution in [0.4, 0.5) is 10.1 Å². The van der Waals surface area contributed by atoms with Crippen LogP contribution >= 0.6 is 12.2 Å². The van der Waals surface area contributed by atoms with Crippen LogP contribution in [0.5, 0.6) is 11.5 Å². The molecule has 1 N–H and O–H groups in total. The van der Waals surface area contributed by atoms with Crippen molar-refractivity contribution in [3.05, 3.63) is 54.3 Å². The fraction of sp³-hybridized carbons (Fsp3) is 0.300. The van der Waals surface area contributed by atoms with Crippen molar-refractivity contribution >= 4 is 28.9 Å². The summed E-state index contributed by atoms with van der Waals surface area (Å²) >= 11 is 5.43. The van der Waals surface area contributed by atoms with Crippen LogP contribution in [0.25, 0.3) is 0 Å². The second-order valence-corrected chi connectivity index (χ2v) is 7.00. The van der Waals surface area contributed by atoms with E-state index in [0.29, 0.717) is 42.8 Å². The number of ether oxygens (including phenoxy) is 2. The highest BCUT2D eigenvalue weighted by Gasteiger charge is 2.33. The number of anilines is 1. The largest absolute Gasteiger partial charge is 0.485 e. The van der Waals surface area contributed by atoms with Gasteiger partial charge in [0.15, 0.2) is 16.6 Å². The second kappa shape index (κ2) is 8.02. The van der Waals surface area contributed by atoms with Crippen molar-refractivity contribution in [3.63, 3.8) is 0 Å². The number of thiocarbonyl (C=S) groups is 1. The van der Waals surface area contributed by atoms with Gasteiger partial charge < -0.3 is 24.6 Å². The molecule has 8 heteroatoms. The Morgan fingerprint density at radius 1 is 1.00 bits per heavy atom. The van der Waals surface area contributed by atoms with Gasteiger partial charge in [0.1, 0.15) is 12.4 Å². The van der Waals surface area contributed by atoms with Crippen LogP contribution < -0.4 is 14.8 Å². The number of nitrogens with zero attached hydrogens (tertiary/aromatic N) is 2. The van der Waals surface area contributed by atoms with E-state index in [1.165, 1.54) is 12.1 Å². The smallest absolute Gasteiger partial charge is 0.267 e. The molecule has 1 saturated heterocycles.